The lowest BCUT2D eigenvalue weighted by atomic mass is 9.90. The SMILES string of the molecule is CC(C)CN1CCN(C(=O)NC2CCC3(CC2)OCCO3)CC1. The second-order valence-corrected chi connectivity index (χ2v) is 7.51. The first-order chi connectivity index (χ1) is 11.1. The molecule has 132 valence electrons. The molecule has 1 saturated carbocycles. The van der Waals surface area contributed by atoms with E-state index in [0.29, 0.717) is 19.1 Å². The van der Waals surface area contributed by atoms with Crippen molar-refractivity contribution in [2.75, 3.05) is 45.9 Å². The largest absolute Gasteiger partial charge is 0.348 e. The summed E-state index contributed by atoms with van der Waals surface area (Å²) in [4.78, 5) is 16.9. The van der Waals surface area contributed by atoms with Gasteiger partial charge in [-0.1, -0.05) is 13.8 Å². The van der Waals surface area contributed by atoms with Gasteiger partial charge >= 0.3 is 6.03 Å². The molecule has 3 fully saturated rings. The molecule has 1 spiro atoms. The maximum atomic E-state index is 12.4. The van der Waals surface area contributed by atoms with Gasteiger partial charge in [0.25, 0.3) is 0 Å². The zero-order valence-corrected chi connectivity index (χ0v) is 14.6. The van der Waals surface area contributed by atoms with E-state index in [1.807, 2.05) is 4.90 Å². The van der Waals surface area contributed by atoms with Gasteiger partial charge in [0.15, 0.2) is 5.79 Å². The summed E-state index contributed by atoms with van der Waals surface area (Å²) in [6, 6.07) is 0.359. The number of rotatable bonds is 3. The molecule has 1 aliphatic carbocycles. The lowest BCUT2D eigenvalue weighted by Crippen LogP contribution is -2.54. The van der Waals surface area contributed by atoms with Crippen LogP contribution in [0.3, 0.4) is 0 Å². The van der Waals surface area contributed by atoms with E-state index in [9.17, 15) is 4.79 Å². The molecule has 0 aromatic carbocycles. The van der Waals surface area contributed by atoms with Crippen LogP contribution in [0, 0.1) is 5.92 Å². The quantitative estimate of drug-likeness (QED) is 0.857. The number of hydrogen-bond donors (Lipinski definition) is 1. The van der Waals surface area contributed by atoms with Crippen molar-refractivity contribution in [1.82, 2.24) is 15.1 Å². The van der Waals surface area contributed by atoms with Gasteiger partial charge in [-0.3, -0.25) is 4.90 Å². The second-order valence-electron chi connectivity index (χ2n) is 7.51. The van der Waals surface area contributed by atoms with Crippen LogP contribution in [-0.2, 0) is 9.47 Å². The summed E-state index contributed by atoms with van der Waals surface area (Å²) in [6.07, 6.45) is 3.67. The van der Waals surface area contributed by atoms with Gasteiger partial charge in [-0.2, -0.15) is 0 Å². The topological polar surface area (TPSA) is 54.0 Å². The Hall–Kier alpha value is -0.850. The molecule has 23 heavy (non-hydrogen) atoms. The fourth-order valence-corrected chi connectivity index (χ4v) is 3.90. The molecule has 2 heterocycles. The van der Waals surface area contributed by atoms with E-state index < -0.39 is 0 Å². The van der Waals surface area contributed by atoms with Gasteiger partial charge in [-0.25, -0.2) is 4.79 Å². The lowest BCUT2D eigenvalue weighted by Gasteiger charge is -2.38. The minimum Gasteiger partial charge on any atom is -0.348 e. The zero-order valence-electron chi connectivity index (χ0n) is 14.6. The number of carbonyl (C=O) groups excluding carboxylic acids is 1. The van der Waals surface area contributed by atoms with Gasteiger partial charge < -0.3 is 19.7 Å². The van der Waals surface area contributed by atoms with Gasteiger partial charge in [0.1, 0.15) is 0 Å². The van der Waals surface area contributed by atoms with Gasteiger partial charge in [0, 0.05) is 51.6 Å². The molecule has 3 rings (SSSR count). The van der Waals surface area contributed by atoms with E-state index in [-0.39, 0.29) is 17.9 Å². The predicted octanol–water partition coefficient (Wildman–Crippen LogP) is 1.66. The Labute approximate surface area is 139 Å². The zero-order chi connectivity index (χ0) is 16.3. The highest BCUT2D eigenvalue weighted by molar-refractivity contribution is 5.74. The van der Waals surface area contributed by atoms with Crippen molar-refractivity contribution >= 4 is 6.03 Å². The number of amides is 2. The van der Waals surface area contributed by atoms with Crippen molar-refractivity contribution in [2.45, 2.75) is 51.4 Å². The highest BCUT2D eigenvalue weighted by atomic mass is 16.7. The molecule has 6 heteroatoms. The maximum Gasteiger partial charge on any atom is 0.317 e. The van der Waals surface area contributed by atoms with Crippen molar-refractivity contribution in [3.05, 3.63) is 0 Å². The highest BCUT2D eigenvalue weighted by Crippen LogP contribution is 2.35. The fourth-order valence-electron chi connectivity index (χ4n) is 3.90. The van der Waals surface area contributed by atoms with E-state index in [0.717, 1.165) is 58.4 Å². The van der Waals surface area contributed by atoms with Crippen LogP contribution in [-0.4, -0.2) is 73.6 Å². The normalized spacial score (nSPS) is 26.1. The van der Waals surface area contributed by atoms with Crippen LogP contribution >= 0.6 is 0 Å². The van der Waals surface area contributed by atoms with Crippen molar-refractivity contribution in [2.24, 2.45) is 5.92 Å². The van der Waals surface area contributed by atoms with Gasteiger partial charge in [0.2, 0.25) is 0 Å². The summed E-state index contributed by atoms with van der Waals surface area (Å²) >= 11 is 0. The molecule has 0 aromatic heterocycles. The summed E-state index contributed by atoms with van der Waals surface area (Å²) in [6.45, 7) is 10.7. The molecule has 6 nitrogen and oxygen atoms in total. The fraction of sp³-hybridized carbons (Fsp3) is 0.941. The van der Waals surface area contributed by atoms with Crippen LogP contribution in [0.2, 0.25) is 0 Å². The number of nitrogens with zero attached hydrogens (tertiary/aromatic N) is 2. The summed E-state index contributed by atoms with van der Waals surface area (Å²) in [7, 11) is 0. The number of ether oxygens (including phenoxy) is 2. The van der Waals surface area contributed by atoms with Crippen LogP contribution in [0.5, 0.6) is 0 Å². The number of nitrogens with one attached hydrogen (secondary N) is 1. The van der Waals surface area contributed by atoms with Crippen molar-refractivity contribution < 1.29 is 14.3 Å². The predicted molar refractivity (Wildman–Crippen MR) is 88.3 cm³/mol. The molecule has 0 aromatic rings. The standard InChI is InChI=1S/C17H31N3O3/c1-14(2)13-19-7-9-20(10-8-19)16(21)18-15-3-5-17(6-4-15)22-11-12-23-17/h14-15H,3-13H2,1-2H3,(H,18,21). The number of urea groups is 1. The van der Waals surface area contributed by atoms with Crippen molar-refractivity contribution in [3.8, 4) is 0 Å². The Kier molecular flexibility index (Phi) is 5.44. The van der Waals surface area contributed by atoms with Crippen LogP contribution in [0.4, 0.5) is 4.79 Å². The van der Waals surface area contributed by atoms with Crippen molar-refractivity contribution in [1.29, 1.82) is 0 Å². The molecule has 0 radical (unpaired) electrons. The molecule has 0 bridgehead atoms. The number of piperazine rings is 1. The third-order valence-corrected chi connectivity index (χ3v) is 5.17. The first kappa shape index (κ1) is 17.0. The smallest absolute Gasteiger partial charge is 0.317 e. The molecular formula is C17H31N3O3. The minimum absolute atomic E-state index is 0.100. The average Bonchev–Trinajstić information content (AvgIpc) is 2.98. The first-order valence-corrected chi connectivity index (χ1v) is 9.12. The van der Waals surface area contributed by atoms with E-state index in [1.54, 1.807) is 0 Å². The monoisotopic (exact) mass is 325 g/mol. The van der Waals surface area contributed by atoms with Gasteiger partial charge in [-0.15, -0.1) is 0 Å². The Morgan fingerprint density at radius 2 is 1.74 bits per heavy atom. The summed E-state index contributed by atoms with van der Waals surface area (Å²) in [5, 5.41) is 3.21. The molecule has 3 aliphatic rings. The number of carbonyl (C=O) groups is 1. The van der Waals surface area contributed by atoms with Crippen LogP contribution in [0.1, 0.15) is 39.5 Å². The number of hydrogen-bond acceptors (Lipinski definition) is 4. The second kappa shape index (κ2) is 7.36. The first-order valence-electron chi connectivity index (χ1n) is 9.12. The van der Waals surface area contributed by atoms with E-state index in [2.05, 4.69) is 24.1 Å². The Morgan fingerprint density at radius 1 is 1.13 bits per heavy atom. The third kappa shape index (κ3) is 4.37. The Morgan fingerprint density at radius 3 is 2.30 bits per heavy atom. The minimum atomic E-state index is -0.344. The van der Waals surface area contributed by atoms with Crippen LogP contribution in [0.15, 0.2) is 0 Å². The van der Waals surface area contributed by atoms with Gasteiger partial charge in [-0.05, 0) is 18.8 Å². The lowest BCUT2D eigenvalue weighted by molar-refractivity contribution is -0.179. The highest BCUT2D eigenvalue weighted by Gasteiger charge is 2.40. The van der Waals surface area contributed by atoms with Crippen LogP contribution < -0.4 is 5.32 Å². The molecule has 0 atom stereocenters. The van der Waals surface area contributed by atoms with E-state index in [1.165, 1.54) is 0 Å². The van der Waals surface area contributed by atoms with Crippen molar-refractivity contribution in [3.63, 3.8) is 0 Å². The van der Waals surface area contributed by atoms with Crippen LogP contribution in [0.25, 0.3) is 0 Å². The molecule has 2 amide bonds. The Balaban J connectivity index is 1.38. The average molecular weight is 325 g/mol. The maximum absolute atomic E-state index is 12.4. The molecule has 1 N–H and O–H groups in total. The molecular weight excluding hydrogens is 294 g/mol. The van der Waals surface area contributed by atoms with Gasteiger partial charge in [0.05, 0.1) is 13.2 Å². The van der Waals surface area contributed by atoms with E-state index in [4.69, 9.17) is 9.47 Å². The Bertz CT molecular complexity index is 392. The summed E-state index contributed by atoms with van der Waals surface area (Å²) in [5.41, 5.74) is 0. The molecule has 0 unspecified atom stereocenters. The third-order valence-electron chi connectivity index (χ3n) is 5.17. The van der Waals surface area contributed by atoms with E-state index >= 15 is 0 Å². The summed E-state index contributed by atoms with van der Waals surface area (Å²) < 4.78 is 11.5. The molecule has 2 aliphatic heterocycles. The molecule has 2 saturated heterocycles. The summed E-state index contributed by atoms with van der Waals surface area (Å²) in [5.74, 6) is 0.342.